The lowest BCUT2D eigenvalue weighted by atomic mass is 9.93. The highest BCUT2D eigenvalue weighted by Gasteiger charge is 2.33. The first kappa shape index (κ1) is 25.1. The van der Waals surface area contributed by atoms with Gasteiger partial charge in [-0.15, -0.1) is 0 Å². The Morgan fingerprint density at radius 3 is 2.57 bits per heavy atom. The number of ether oxygens (including phenoxy) is 2. The highest BCUT2D eigenvalue weighted by molar-refractivity contribution is 9.10. The molecule has 6 nitrogen and oxygen atoms in total. The van der Waals surface area contributed by atoms with E-state index in [9.17, 15) is 9.59 Å². The van der Waals surface area contributed by atoms with E-state index in [2.05, 4.69) is 34.8 Å². The van der Waals surface area contributed by atoms with Crippen LogP contribution in [0.2, 0.25) is 0 Å². The normalized spacial score (nSPS) is 15.7. The zero-order chi connectivity index (χ0) is 25.3. The molecule has 0 aliphatic carbocycles. The number of thiazole rings is 1. The van der Waals surface area contributed by atoms with Crippen molar-refractivity contribution in [3.63, 3.8) is 0 Å². The van der Waals surface area contributed by atoms with Gasteiger partial charge in [0.2, 0.25) is 0 Å². The van der Waals surface area contributed by atoms with Crippen LogP contribution in [0.15, 0.2) is 68.0 Å². The quantitative estimate of drug-likeness (QED) is 0.414. The van der Waals surface area contributed by atoms with Crippen molar-refractivity contribution in [3.8, 4) is 5.75 Å². The maximum absolute atomic E-state index is 13.7. The molecule has 182 valence electrons. The van der Waals surface area contributed by atoms with Gasteiger partial charge in [0.15, 0.2) is 4.80 Å². The van der Waals surface area contributed by atoms with Crippen LogP contribution in [-0.2, 0) is 9.53 Å². The van der Waals surface area contributed by atoms with Gasteiger partial charge in [-0.25, -0.2) is 9.79 Å². The van der Waals surface area contributed by atoms with Gasteiger partial charge in [0.25, 0.3) is 5.56 Å². The predicted molar refractivity (Wildman–Crippen MR) is 142 cm³/mol. The summed E-state index contributed by atoms with van der Waals surface area (Å²) in [5.41, 5.74) is 3.49. The van der Waals surface area contributed by atoms with Crippen molar-refractivity contribution in [1.29, 1.82) is 0 Å². The minimum absolute atomic E-state index is 0.219. The standard InChI is InChI=1S/C27H27BrN2O4S/c1-6-34-26(32)23-16(4)29-27-30(24(23)18-9-7-17(8-10-18)15(2)3)25(31)22(35-27)14-19-13-20(28)11-12-21(19)33-5/h7-15,24H,6H2,1-5H3/b22-14-. The summed E-state index contributed by atoms with van der Waals surface area (Å²) in [5.74, 6) is 0.561. The van der Waals surface area contributed by atoms with Crippen LogP contribution in [0.1, 0.15) is 56.3 Å². The van der Waals surface area contributed by atoms with Gasteiger partial charge in [0.05, 0.1) is 35.6 Å². The van der Waals surface area contributed by atoms with E-state index in [1.165, 1.54) is 16.9 Å². The molecule has 0 fully saturated rings. The van der Waals surface area contributed by atoms with Crippen molar-refractivity contribution in [2.45, 2.75) is 39.7 Å². The van der Waals surface area contributed by atoms with Crippen LogP contribution in [0.25, 0.3) is 6.08 Å². The molecule has 0 spiro atoms. The van der Waals surface area contributed by atoms with E-state index in [4.69, 9.17) is 9.47 Å². The van der Waals surface area contributed by atoms with Crippen LogP contribution >= 0.6 is 27.3 Å². The van der Waals surface area contributed by atoms with Crippen molar-refractivity contribution < 1.29 is 14.3 Å². The Bertz CT molecular complexity index is 1480. The topological polar surface area (TPSA) is 69.9 Å². The van der Waals surface area contributed by atoms with Gasteiger partial charge in [-0.3, -0.25) is 9.36 Å². The van der Waals surface area contributed by atoms with E-state index in [0.717, 1.165) is 15.6 Å². The van der Waals surface area contributed by atoms with E-state index in [1.54, 1.807) is 31.6 Å². The van der Waals surface area contributed by atoms with Gasteiger partial charge < -0.3 is 9.47 Å². The van der Waals surface area contributed by atoms with Gasteiger partial charge in [-0.1, -0.05) is 65.4 Å². The van der Waals surface area contributed by atoms with E-state index in [1.807, 2.05) is 42.5 Å². The van der Waals surface area contributed by atoms with E-state index in [-0.39, 0.29) is 12.2 Å². The number of esters is 1. The number of methoxy groups -OCH3 is 1. The molecule has 1 aliphatic heterocycles. The number of carbonyl (C=O) groups excluding carboxylic acids is 1. The highest BCUT2D eigenvalue weighted by Crippen LogP contribution is 2.31. The van der Waals surface area contributed by atoms with E-state index >= 15 is 0 Å². The summed E-state index contributed by atoms with van der Waals surface area (Å²) >= 11 is 4.77. The lowest BCUT2D eigenvalue weighted by Crippen LogP contribution is -2.39. The average molecular weight is 555 g/mol. The summed E-state index contributed by atoms with van der Waals surface area (Å²) in [7, 11) is 1.60. The molecule has 0 radical (unpaired) electrons. The third-order valence-corrected chi connectivity index (χ3v) is 7.39. The van der Waals surface area contributed by atoms with Crippen molar-refractivity contribution in [2.24, 2.45) is 4.99 Å². The van der Waals surface area contributed by atoms with Gasteiger partial charge in [-0.2, -0.15) is 0 Å². The number of halogens is 1. The highest BCUT2D eigenvalue weighted by atomic mass is 79.9. The van der Waals surface area contributed by atoms with Gasteiger partial charge >= 0.3 is 5.97 Å². The second-order valence-electron chi connectivity index (χ2n) is 8.51. The molecule has 1 aromatic heterocycles. The fraction of sp³-hybridized carbons (Fsp3) is 0.296. The summed E-state index contributed by atoms with van der Waals surface area (Å²) in [5, 5.41) is 0. The minimum atomic E-state index is -0.627. The average Bonchev–Trinajstić information content (AvgIpc) is 3.13. The molecule has 2 aromatic carbocycles. The largest absolute Gasteiger partial charge is 0.496 e. The summed E-state index contributed by atoms with van der Waals surface area (Å²) in [6.07, 6.45) is 1.80. The number of fused-ring (bicyclic) bond motifs is 1. The van der Waals surface area contributed by atoms with Gasteiger partial charge in [0.1, 0.15) is 5.75 Å². The van der Waals surface area contributed by atoms with Crippen molar-refractivity contribution in [1.82, 2.24) is 4.57 Å². The molecule has 0 N–H and O–H groups in total. The molecule has 0 saturated heterocycles. The Balaban J connectivity index is 1.95. The number of nitrogens with zero attached hydrogens (tertiary/aromatic N) is 2. The first-order valence-electron chi connectivity index (χ1n) is 11.4. The predicted octanol–water partition coefficient (Wildman–Crippen LogP) is 4.69. The lowest BCUT2D eigenvalue weighted by Gasteiger charge is -2.25. The summed E-state index contributed by atoms with van der Waals surface area (Å²) in [4.78, 5) is 32.0. The molecular formula is C27H27BrN2O4S. The second-order valence-corrected chi connectivity index (χ2v) is 10.4. The SMILES string of the molecule is CCOC(=O)C1=C(C)N=c2s/c(=C\c3cc(Br)ccc3OC)c(=O)n2C1c1ccc(C(C)C)cc1. The van der Waals surface area contributed by atoms with Gasteiger partial charge in [-0.05, 0) is 55.2 Å². The van der Waals surface area contributed by atoms with Crippen LogP contribution in [0.4, 0.5) is 0 Å². The maximum atomic E-state index is 13.7. The van der Waals surface area contributed by atoms with Crippen molar-refractivity contribution in [3.05, 3.63) is 94.6 Å². The third kappa shape index (κ3) is 4.90. The van der Waals surface area contributed by atoms with Crippen LogP contribution < -0.4 is 19.6 Å². The molecule has 0 saturated carbocycles. The Morgan fingerprint density at radius 2 is 1.94 bits per heavy atom. The first-order chi connectivity index (χ1) is 16.7. The minimum Gasteiger partial charge on any atom is -0.496 e. The number of allylic oxidation sites excluding steroid dienone is 1. The third-order valence-electron chi connectivity index (χ3n) is 5.91. The molecule has 35 heavy (non-hydrogen) atoms. The molecule has 0 amide bonds. The molecule has 0 bridgehead atoms. The fourth-order valence-corrected chi connectivity index (χ4v) is 5.55. The maximum Gasteiger partial charge on any atom is 0.338 e. The Hall–Kier alpha value is -2.97. The van der Waals surface area contributed by atoms with E-state index in [0.29, 0.717) is 32.3 Å². The number of rotatable bonds is 6. The van der Waals surface area contributed by atoms with Crippen LogP contribution in [-0.4, -0.2) is 24.3 Å². The van der Waals surface area contributed by atoms with Gasteiger partial charge in [0, 0.05) is 10.0 Å². The number of aromatic nitrogens is 1. The lowest BCUT2D eigenvalue weighted by molar-refractivity contribution is -0.139. The number of hydrogen-bond acceptors (Lipinski definition) is 6. The molecule has 1 unspecified atom stereocenters. The van der Waals surface area contributed by atoms with Crippen molar-refractivity contribution in [2.75, 3.05) is 13.7 Å². The van der Waals surface area contributed by atoms with Crippen LogP contribution in [0.3, 0.4) is 0 Å². The van der Waals surface area contributed by atoms with E-state index < -0.39 is 12.0 Å². The summed E-state index contributed by atoms with van der Waals surface area (Å²) in [6, 6.07) is 13.0. The first-order valence-corrected chi connectivity index (χ1v) is 13.0. The Labute approximate surface area is 216 Å². The monoisotopic (exact) mass is 554 g/mol. The van der Waals surface area contributed by atoms with Crippen molar-refractivity contribution >= 4 is 39.3 Å². The molecule has 2 heterocycles. The van der Waals surface area contributed by atoms with Crippen LogP contribution in [0.5, 0.6) is 5.75 Å². The second kappa shape index (κ2) is 10.3. The zero-order valence-corrected chi connectivity index (χ0v) is 22.7. The Kier molecular flexibility index (Phi) is 7.42. The zero-order valence-electron chi connectivity index (χ0n) is 20.3. The molecular weight excluding hydrogens is 528 g/mol. The molecule has 8 heteroatoms. The number of carbonyl (C=O) groups is 1. The van der Waals surface area contributed by atoms with Crippen LogP contribution in [0, 0.1) is 0 Å². The molecule has 1 aliphatic rings. The molecule has 3 aromatic rings. The summed E-state index contributed by atoms with van der Waals surface area (Å²) < 4.78 is 13.8. The summed E-state index contributed by atoms with van der Waals surface area (Å²) in [6.45, 7) is 8.05. The number of benzene rings is 2. The number of hydrogen-bond donors (Lipinski definition) is 0. The molecule has 4 rings (SSSR count). The molecule has 1 atom stereocenters. The Morgan fingerprint density at radius 1 is 1.23 bits per heavy atom. The fourth-order valence-electron chi connectivity index (χ4n) is 4.13. The smallest absolute Gasteiger partial charge is 0.338 e.